The van der Waals surface area contributed by atoms with E-state index in [-0.39, 0.29) is 0 Å². The molecular weight excluding hydrogens is 374 g/mol. The third-order valence-corrected chi connectivity index (χ3v) is 4.06. The molecule has 0 spiro atoms. The van der Waals surface area contributed by atoms with Gasteiger partial charge in [-0.2, -0.15) is 5.10 Å². The summed E-state index contributed by atoms with van der Waals surface area (Å²) in [5.41, 5.74) is 5.37. The lowest BCUT2D eigenvalue weighted by molar-refractivity contribution is -0.307. The van der Waals surface area contributed by atoms with E-state index in [0.717, 1.165) is 24.0 Å². The standard InChI is InChI=1S/C21H23N3O5/c1-3-15-6-5-7-16(4-2)19(15)23-20(27)21(28)24-22-12-14-8-10-17(11-9-14)29-13-18(25)26/h5-12H,3-4,13H2,1-2H3,(H,23,27)(H,24,28)(H,25,26)/p-1/b22-12-. The van der Waals surface area contributed by atoms with Gasteiger partial charge >= 0.3 is 11.8 Å². The molecule has 2 amide bonds. The Morgan fingerprint density at radius 3 is 2.17 bits per heavy atom. The molecule has 152 valence electrons. The van der Waals surface area contributed by atoms with Crippen molar-refractivity contribution in [3.63, 3.8) is 0 Å². The number of rotatable bonds is 8. The van der Waals surface area contributed by atoms with Crippen LogP contribution in [0.3, 0.4) is 0 Å². The molecule has 29 heavy (non-hydrogen) atoms. The molecule has 2 rings (SSSR count). The summed E-state index contributed by atoms with van der Waals surface area (Å²) < 4.78 is 4.96. The number of nitrogens with zero attached hydrogens (tertiary/aromatic N) is 1. The number of para-hydroxylation sites is 1. The van der Waals surface area contributed by atoms with Crippen LogP contribution >= 0.6 is 0 Å². The second-order valence-corrected chi connectivity index (χ2v) is 6.04. The molecule has 0 atom stereocenters. The van der Waals surface area contributed by atoms with Crippen LogP contribution in [0.1, 0.15) is 30.5 Å². The summed E-state index contributed by atoms with van der Waals surface area (Å²) in [6.45, 7) is 3.41. The van der Waals surface area contributed by atoms with Gasteiger partial charge in [-0.05, 0) is 53.8 Å². The van der Waals surface area contributed by atoms with Crippen molar-refractivity contribution in [3.8, 4) is 5.75 Å². The number of carboxylic acids is 1. The van der Waals surface area contributed by atoms with Gasteiger partial charge in [0.25, 0.3) is 0 Å². The largest absolute Gasteiger partial charge is 0.546 e. The van der Waals surface area contributed by atoms with E-state index in [0.29, 0.717) is 17.0 Å². The molecule has 8 nitrogen and oxygen atoms in total. The summed E-state index contributed by atoms with van der Waals surface area (Å²) in [4.78, 5) is 34.6. The number of hydrogen-bond acceptors (Lipinski definition) is 6. The third kappa shape index (κ3) is 6.46. The van der Waals surface area contributed by atoms with E-state index in [4.69, 9.17) is 4.74 Å². The van der Waals surface area contributed by atoms with Crippen LogP contribution in [0.4, 0.5) is 5.69 Å². The van der Waals surface area contributed by atoms with E-state index in [2.05, 4.69) is 15.8 Å². The number of carbonyl (C=O) groups excluding carboxylic acids is 3. The monoisotopic (exact) mass is 396 g/mol. The molecule has 0 saturated heterocycles. The van der Waals surface area contributed by atoms with Gasteiger partial charge in [0, 0.05) is 5.69 Å². The van der Waals surface area contributed by atoms with Gasteiger partial charge in [0.2, 0.25) is 0 Å². The van der Waals surface area contributed by atoms with Crippen LogP contribution in [-0.4, -0.2) is 30.6 Å². The van der Waals surface area contributed by atoms with Gasteiger partial charge in [0.15, 0.2) is 0 Å². The van der Waals surface area contributed by atoms with Gasteiger partial charge in [-0.3, -0.25) is 9.59 Å². The molecular formula is C21H22N3O5-. The summed E-state index contributed by atoms with van der Waals surface area (Å²) >= 11 is 0. The number of carbonyl (C=O) groups is 3. The van der Waals surface area contributed by atoms with E-state index in [9.17, 15) is 19.5 Å². The van der Waals surface area contributed by atoms with Gasteiger partial charge in [0.1, 0.15) is 12.4 Å². The molecule has 0 bridgehead atoms. The highest BCUT2D eigenvalue weighted by molar-refractivity contribution is 6.39. The Morgan fingerprint density at radius 2 is 1.62 bits per heavy atom. The van der Waals surface area contributed by atoms with E-state index < -0.39 is 24.4 Å². The Bertz CT molecular complexity index is 885. The Labute approximate surface area is 168 Å². The maximum absolute atomic E-state index is 12.2. The van der Waals surface area contributed by atoms with Crippen LogP contribution < -0.4 is 20.6 Å². The fourth-order valence-corrected chi connectivity index (χ4v) is 2.58. The van der Waals surface area contributed by atoms with Crippen LogP contribution in [-0.2, 0) is 27.2 Å². The van der Waals surface area contributed by atoms with Gasteiger partial charge in [-0.15, -0.1) is 0 Å². The van der Waals surface area contributed by atoms with Crippen molar-refractivity contribution in [1.82, 2.24) is 5.43 Å². The summed E-state index contributed by atoms with van der Waals surface area (Å²) in [6, 6.07) is 12.1. The number of aryl methyl sites for hydroxylation is 2. The average molecular weight is 396 g/mol. The Balaban J connectivity index is 1.93. The quantitative estimate of drug-likeness (QED) is 0.392. The molecule has 2 aromatic rings. The highest BCUT2D eigenvalue weighted by Crippen LogP contribution is 2.22. The minimum Gasteiger partial charge on any atom is -0.546 e. The van der Waals surface area contributed by atoms with Gasteiger partial charge in [-0.25, -0.2) is 5.43 Å². The normalized spacial score (nSPS) is 10.6. The first-order valence-electron chi connectivity index (χ1n) is 9.12. The lowest BCUT2D eigenvalue weighted by Gasteiger charge is -2.13. The molecule has 0 aliphatic rings. The first-order valence-corrected chi connectivity index (χ1v) is 9.12. The molecule has 0 radical (unpaired) electrons. The molecule has 2 aromatic carbocycles. The molecule has 2 N–H and O–H groups in total. The Kier molecular flexibility index (Phi) is 7.90. The van der Waals surface area contributed by atoms with Crippen LogP contribution in [0.25, 0.3) is 0 Å². The van der Waals surface area contributed by atoms with Crippen molar-refractivity contribution in [1.29, 1.82) is 0 Å². The second kappa shape index (κ2) is 10.6. The maximum atomic E-state index is 12.2. The summed E-state index contributed by atoms with van der Waals surface area (Å²) in [5, 5.41) is 16.8. The van der Waals surface area contributed by atoms with E-state index in [1.807, 2.05) is 32.0 Å². The van der Waals surface area contributed by atoms with Crippen LogP contribution in [0, 0.1) is 0 Å². The third-order valence-electron chi connectivity index (χ3n) is 4.06. The van der Waals surface area contributed by atoms with Crippen molar-refractivity contribution in [2.24, 2.45) is 5.10 Å². The zero-order chi connectivity index (χ0) is 21.2. The summed E-state index contributed by atoms with van der Waals surface area (Å²) in [5.74, 6) is -2.65. The highest BCUT2D eigenvalue weighted by atomic mass is 16.5. The lowest BCUT2D eigenvalue weighted by Crippen LogP contribution is -2.33. The Hall–Kier alpha value is -3.68. The molecule has 0 heterocycles. The Morgan fingerprint density at radius 1 is 1.00 bits per heavy atom. The zero-order valence-electron chi connectivity index (χ0n) is 16.2. The van der Waals surface area contributed by atoms with Gasteiger partial charge in [0.05, 0.1) is 12.2 Å². The number of anilines is 1. The lowest BCUT2D eigenvalue weighted by atomic mass is 10.0. The number of ether oxygens (including phenoxy) is 1. The minimum atomic E-state index is -1.32. The number of carboxylic acid groups (broad SMARTS) is 1. The second-order valence-electron chi connectivity index (χ2n) is 6.04. The van der Waals surface area contributed by atoms with Crippen LogP contribution in [0.2, 0.25) is 0 Å². The van der Waals surface area contributed by atoms with Crippen molar-refractivity contribution in [3.05, 3.63) is 59.2 Å². The summed E-state index contributed by atoms with van der Waals surface area (Å²) in [6.07, 6.45) is 2.81. The molecule has 0 aliphatic carbocycles. The van der Waals surface area contributed by atoms with Crippen molar-refractivity contribution >= 4 is 29.7 Å². The molecule has 0 fully saturated rings. The first-order chi connectivity index (χ1) is 13.9. The number of hydrogen-bond donors (Lipinski definition) is 2. The summed E-state index contributed by atoms with van der Waals surface area (Å²) in [7, 11) is 0. The number of benzene rings is 2. The molecule has 8 heteroatoms. The number of aliphatic carboxylic acids is 1. The average Bonchev–Trinajstić information content (AvgIpc) is 2.73. The molecule has 0 aliphatic heterocycles. The van der Waals surface area contributed by atoms with Gasteiger partial charge in [-0.1, -0.05) is 32.0 Å². The highest BCUT2D eigenvalue weighted by Gasteiger charge is 2.16. The fraction of sp³-hybridized carbons (Fsp3) is 0.238. The molecule has 0 saturated carbocycles. The smallest absolute Gasteiger partial charge is 0.329 e. The van der Waals surface area contributed by atoms with E-state index in [1.165, 1.54) is 6.21 Å². The van der Waals surface area contributed by atoms with Crippen molar-refractivity contribution in [2.45, 2.75) is 26.7 Å². The number of amides is 2. The number of hydrazone groups is 1. The number of nitrogens with one attached hydrogen (secondary N) is 2. The van der Waals surface area contributed by atoms with E-state index >= 15 is 0 Å². The van der Waals surface area contributed by atoms with Crippen LogP contribution in [0.5, 0.6) is 5.75 Å². The predicted octanol–water partition coefficient (Wildman–Crippen LogP) is 1.03. The van der Waals surface area contributed by atoms with E-state index in [1.54, 1.807) is 24.3 Å². The minimum absolute atomic E-state index is 0.357. The zero-order valence-corrected chi connectivity index (χ0v) is 16.2. The SMILES string of the molecule is CCc1cccc(CC)c1NC(=O)C(=O)N/N=C\c1ccc(OCC(=O)[O-])cc1. The molecule has 0 unspecified atom stereocenters. The molecule has 0 aromatic heterocycles. The van der Waals surface area contributed by atoms with Crippen molar-refractivity contribution in [2.75, 3.05) is 11.9 Å². The van der Waals surface area contributed by atoms with Gasteiger partial charge < -0.3 is 20.0 Å². The maximum Gasteiger partial charge on any atom is 0.329 e. The van der Waals surface area contributed by atoms with Crippen molar-refractivity contribution < 1.29 is 24.2 Å². The predicted molar refractivity (Wildman–Crippen MR) is 107 cm³/mol. The topological polar surface area (TPSA) is 120 Å². The van der Waals surface area contributed by atoms with Crippen LogP contribution in [0.15, 0.2) is 47.6 Å². The first kappa shape index (κ1) is 21.6. The fourth-order valence-electron chi connectivity index (χ4n) is 2.58.